The van der Waals surface area contributed by atoms with E-state index in [0.29, 0.717) is 5.92 Å². The van der Waals surface area contributed by atoms with Gasteiger partial charge in [0.15, 0.2) is 0 Å². The zero-order chi connectivity index (χ0) is 8.10. The van der Waals surface area contributed by atoms with E-state index in [-0.39, 0.29) is 6.10 Å². The highest BCUT2D eigenvalue weighted by atomic mass is 16.3. The molecule has 1 nitrogen and oxygen atoms in total. The van der Waals surface area contributed by atoms with Gasteiger partial charge in [0.1, 0.15) is 0 Å². The lowest BCUT2D eigenvalue weighted by molar-refractivity contribution is 0.144. The van der Waals surface area contributed by atoms with E-state index in [1.807, 2.05) is 0 Å². The minimum atomic E-state index is -0.128. The topological polar surface area (TPSA) is 20.2 Å². The summed E-state index contributed by atoms with van der Waals surface area (Å²) in [4.78, 5) is 0. The van der Waals surface area contributed by atoms with E-state index in [2.05, 4.69) is 31.2 Å². The molecule has 0 heterocycles. The van der Waals surface area contributed by atoms with Crippen molar-refractivity contribution in [1.29, 1.82) is 0 Å². The lowest BCUT2D eigenvalue weighted by atomic mass is 10.0. The lowest BCUT2D eigenvalue weighted by Gasteiger charge is -2.09. The van der Waals surface area contributed by atoms with Crippen LogP contribution < -0.4 is 0 Å². The Morgan fingerprint density at radius 3 is 2.91 bits per heavy atom. The molecule has 1 heteroatoms. The summed E-state index contributed by atoms with van der Waals surface area (Å²) in [6, 6.07) is 0. The summed E-state index contributed by atoms with van der Waals surface area (Å²) in [5.41, 5.74) is 0. The van der Waals surface area contributed by atoms with Gasteiger partial charge in [-0.2, -0.15) is 0 Å². The fourth-order valence-corrected chi connectivity index (χ4v) is 1.35. The highest BCUT2D eigenvalue weighted by molar-refractivity contribution is 5.04. The Hall–Kier alpha value is -0.560. The van der Waals surface area contributed by atoms with Crippen molar-refractivity contribution in [2.24, 2.45) is 5.92 Å². The van der Waals surface area contributed by atoms with Crippen molar-refractivity contribution in [2.75, 3.05) is 0 Å². The van der Waals surface area contributed by atoms with Gasteiger partial charge in [-0.3, -0.25) is 0 Å². The maximum Gasteiger partial charge on any atom is 0.0640 e. The summed E-state index contributed by atoms with van der Waals surface area (Å²) < 4.78 is 0. The van der Waals surface area contributed by atoms with Crippen LogP contribution in [-0.4, -0.2) is 11.2 Å². The molecule has 0 aromatic heterocycles. The zero-order valence-corrected chi connectivity index (χ0v) is 7.03. The van der Waals surface area contributed by atoms with Crippen LogP contribution in [0.2, 0.25) is 0 Å². The molecule has 0 radical (unpaired) electrons. The largest absolute Gasteiger partial charge is 0.392 e. The van der Waals surface area contributed by atoms with E-state index in [1.165, 1.54) is 0 Å². The van der Waals surface area contributed by atoms with Gasteiger partial charge in [-0.15, -0.1) is 0 Å². The first kappa shape index (κ1) is 8.54. The monoisotopic (exact) mass is 152 g/mol. The molecule has 0 amide bonds. The van der Waals surface area contributed by atoms with Crippen molar-refractivity contribution in [1.82, 2.24) is 0 Å². The summed E-state index contributed by atoms with van der Waals surface area (Å²) >= 11 is 0. The van der Waals surface area contributed by atoms with Crippen LogP contribution in [0.15, 0.2) is 24.3 Å². The molecule has 1 N–H and O–H groups in total. The van der Waals surface area contributed by atoms with Crippen LogP contribution in [0, 0.1) is 5.92 Å². The van der Waals surface area contributed by atoms with Crippen molar-refractivity contribution >= 4 is 0 Å². The highest BCUT2D eigenvalue weighted by Crippen LogP contribution is 2.21. The molecule has 0 spiro atoms. The van der Waals surface area contributed by atoms with Crippen molar-refractivity contribution in [3.05, 3.63) is 24.3 Å². The molecule has 62 valence electrons. The highest BCUT2D eigenvalue weighted by Gasteiger charge is 2.17. The van der Waals surface area contributed by atoms with Gasteiger partial charge in [0.2, 0.25) is 0 Å². The van der Waals surface area contributed by atoms with Gasteiger partial charge in [-0.1, -0.05) is 31.2 Å². The number of aliphatic hydroxyl groups excluding tert-OH is 1. The lowest BCUT2D eigenvalue weighted by Crippen LogP contribution is -2.12. The standard InChI is InChI=1S/C10H16O/c1-2-3-4-6-9-7-5-8-10(9)11/h3-5,7,9-11H,2,6,8H2,1H3. The summed E-state index contributed by atoms with van der Waals surface area (Å²) in [6.45, 7) is 2.12. The fraction of sp³-hybridized carbons (Fsp3) is 0.600. The predicted molar refractivity (Wildman–Crippen MR) is 47.3 cm³/mol. The van der Waals surface area contributed by atoms with Crippen molar-refractivity contribution in [2.45, 2.75) is 32.3 Å². The van der Waals surface area contributed by atoms with E-state index < -0.39 is 0 Å². The molecule has 0 bridgehead atoms. The van der Waals surface area contributed by atoms with Gasteiger partial charge < -0.3 is 5.11 Å². The maximum absolute atomic E-state index is 9.39. The average Bonchev–Trinajstić information content (AvgIpc) is 2.37. The van der Waals surface area contributed by atoms with E-state index in [9.17, 15) is 5.11 Å². The Morgan fingerprint density at radius 2 is 2.36 bits per heavy atom. The van der Waals surface area contributed by atoms with Crippen molar-refractivity contribution in [3.63, 3.8) is 0 Å². The van der Waals surface area contributed by atoms with Gasteiger partial charge in [0, 0.05) is 5.92 Å². The molecule has 0 saturated carbocycles. The van der Waals surface area contributed by atoms with Crippen LogP contribution in [0.3, 0.4) is 0 Å². The first-order chi connectivity index (χ1) is 5.34. The van der Waals surface area contributed by atoms with Crippen LogP contribution in [-0.2, 0) is 0 Å². The quantitative estimate of drug-likeness (QED) is 0.615. The van der Waals surface area contributed by atoms with E-state index in [1.54, 1.807) is 0 Å². The second-order valence-corrected chi connectivity index (χ2v) is 3.01. The molecule has 2 atom stereocenters. The van der Waals surface area contributed by atoms with Gasteiger partial charge >= 0.3 is 0 Å². The van der Waals surface area contributed by atoms with E-state index >= 15 is 0 Å². The van der Waals surface area contributed by atoms with Crippen LogP contribution in [0.25, 0.3) is 0 Å². The molecule has 0 aromatic rings. The summed E-state index contributed by atoms with van der Waals surface area (Å²) in [5, 5.41) is 9.39. The third kappa shape index (κ3) is 2.51. The van der Waals surface area contributed by atoms with Crippen LogP contribution >= 0.6 is 0 Å². The third-order valence-corrected chi connectivity index (χ3v) is 2.07. The number of hydrogen-bond donors (Lipinski definition) is 1. The predicted octanol–water partition coefficient (Wildman–Crippen LogP) is 2.28. The summed E-state index contributed by atoms with van der Waals surface area (Å²) in [6.07, 6.45) is 11.3. The van der Waals surface area contributed by atoms with Crippen LogP contribution in [0.5, 0.6) is 0 Å². The molecular formula is C10H16O. The smallest absolute Gasteiger partial charge is 0.0640 e. The van der Waals surface area contributed by atoms with Gasteiger partial charge in [0.25, 0.3) is 0 Å². The van der Waals surface area contributed by atoms with Gasteiger partial charge in [-0.05, 0) is 19.3 Å². The molecule has 0 aliphatic heterocycles. The van der Waals surface area contributed by atoms with Crippen LogP contribution in [0.1, 0.15) is 26.2 Å². The van der Waals surface area contributed by atoms with Gasteiger partial charge in [-0.25, -0.2) is 0 Å². The molecule has 1 aliphatic rings. The molecule has 1 rings (SSSR count). The van der Waals surface area contributed by atoms with Crippen molar-refractivity contribution < 1.29 is 5.11 Å². The number of rotatable bonds is 3. The second kappa shape index (κ2) is 4.35. The average molecular weight is 152 g/mol. The first-order valence-corrected chi connectivity index (χ1v) is 4.34. The Balaban J connectivity index is 2.25. The molecule has 0 aromatic carbocycles. The molecule has 0 saturated heterocycles. The normalized spacial score (nSPS) is 30.4. The zero-order valence-electron chi connectivity index (χ0n) is 7.03. The number of hydrogen-bond acceptors (Lipinski definition) is 1. The van der Waals surface area contributed by atoms with E-state index in [0.717, 1.165) is 19.3 Å². The molecule has 2 unspecified atom stereocenters. The third-order valence-electron chi connectivity index (χ3n) is 2.07. The SMILES string of the molecule is CCC=CCC1C=CCC1O. The molecule has 0 fully saturated rings. The number of aliphatic hydroxyl groups is 1. The first-order valence-electron chi connectivity index (χ1n) is 4.34. The number of allylic oxidation sites excluding steroid dienone is 2. The Morgan fingerprint density at radius 1 is 1.55 bits per heavy atom. The second-order valence-electron chi connectivity index (χ2n) is 3.01. The molecule has 1 aliphatic carbocycles. The summed E-state index contributed by atoms with van der Waals surface area (Å²) in [5.74, 6) is 0.373. The van der Waals surface area contributed by atoms with E-state index in [4.69, 9.17) is 0 Å². The van der Waals surface area contributed by atoms with Crippen molar-refractivity contribution in [3.8, 4) is 0 Å². The molecular weight excluding hydrogens is 136 g/mol. The Labute approximate surface area is 68.4 Å². The minimum Gasteiger partial charge on any atom is -0.392 e. The minimum absolute atomic E-state index is 0.128. The summed E-state index contributed by atoms with van der Waals surface area (Å²) in [7, 11) is 0. The van der Waals surface area contributed by atoms with Gasteiger partial charge in [0.05, 0.1) is 6.10 Å². The fourth-order valence-electron chi connectivity index (χ4n) is 1.35. The maximum atomic E-state index is 9.39. The molecule has 11 heavy (non-hydrogen) atoms. The Kier molecular flexibility index (Phi) is 3.37. The van der Waals surface area contributed by atoms with Crippen LogP contribution in [0.4, 0.5) is 0 Å². The Bertz CT molecular complexity index is 158.